The highest BCUT2D eigenvalue weighted by Gasteiger charge is 1.99. The van der Waals surface area contributed by atoms with E-state index in [9.17, 15) is 0 Å². The summed E-state index contributed by atoms with van der Waals surface area (Å²) in [5, 5.41) is 3.05. The number of nitrogens with zero attached hydrogens (tertiary/aromatic N) is 1. The fourth-order valence-electron chi connectivity index (χ4n) is 1.07. The Morgan fingerprint density at radius 2 is 2.18 bits per heavy atom. The van der Waals surface area contributed by atoms with E-state index in [0.29, 0.717) is 0 Å². The summed E-state index contributed by atoms with van der Waals surface area (Å²) in [4.78, 5) is 3.93. The Morgan fingerprint density at radius 1 is 1.45 bits per heavy atom. The van der Waals surface area contributed by atoms with Crippen LogP contribution in [0.25, 0.3) is 0 Å². The number of nitrogens with one attached hydrogen (secondary N) is 1. The predicted octanol–water partition coefficient (Wildman–Crippen LogP) is 2.37. The van der Waals surface area contributed by atoms with E-state index in [0.717, 1.165) is 16.9 Å². The van der Waals surface area contributed by atoms with Gasteiger partial charge in [0.25, 0.3) is 0 Å². The number of aliphatic imine (C=N–C) groups is 1. The normalized spacial score (nSPS) is 9.27. The molecule has 2 heteroatoms. The third kappa shape index (κ3) is 1.40. The number of hydrogen-bond donors (Lipinski definition) is 1. The quantitative estimate of drug-likeness (QED) is 0.640. The summed E-state index contributed by atoms with van der Waals surface area (Å²) < 4.78 is 0. The second-order valence-corrected chi connectivity index (χ2v) is 2.38. The zero-order chi connectivity index (χ0) is 8.27. The molecule has 0 amide bonds. The van der Waals surface area contributed by atoms with Gasteiger partial charge in [-0.25, -0.2) is 0 Å². The van der Waals surface area contributed by atoms with Crippen LogP contribution in [-0.4, -0.2) is 13.8 Å². The molecule has 1 N–H and O–H groups in total. The van der Waals surface area contributed by atoms with Gasteiger partial charge in [-0.2, -0.15) is 0 Å². The molecule has 1 rings (SSSR count). The van der Waals surface area contributed by atoms with E-state index in [1.165, 1.54) is 0 Å². The van der Waals surface area contributed by atoms with Crippen molar-refractivity contribution >= 4 is 18.1 Å². The van der Waals surface area contributed by atoms with E-state index < -0.39 is 0 Å². The Labute approximate surface area is 67.0 Å². The van der Waals surface area contributed by atoms with Crippen molar-refractivity contribution < 1.29 is 0 Å². The topological polar surface area (TPSA) is 24.4 Å². The minimum atomic E-state index is 0.940. The summed E-state index contributed by atoms with van der Waals surface area (Å²) in [6.45, 7) is 5.53. The number of anilines is 1. The minimum Gasteiger partial charge on any atom is -0.386 e. The molecule has 0 saturated heterocycles. The molecule has 0 aliphatic rings. The van der Waals surface area contributed by atoms with E-state index >= 15 is 0 Å². The lowest BCUT2D eigenvalue weighted by molar-refractivity contribution is 1.38. The fraction of sp³-hybridized carbons (Fsp3) is 0.222. The average Bonchev–Trinajstić information content (AvgIpc) is 2.04. The molecule has 0 atom stereocenters. The fourth-order valence-corrected chi connectivity index (χ4v) is 1.07. The van der Waals surface area contributed by atoms with Gasteiger partial charge in [0, 0.05) is 7.05 Å². The van der Waals surface area contributed by atoms with Crippen molar-refractivity contribution in [1.82, 2.24) is 0 Å². The maximum Gasteiger partial charge on any atom is 0.0882 e. The largest absolute Gasteiger partial charge is 0.386 e. The Hall–Kier alpha value is -1.31. The standard InChI is InChI=1S/C9H12N2/c1-7-5-4-6-8(10-2)9(7)11-3/h4-6,10H,3H2,1-2H3. The van der Waals surface area contributed by atoms with Crippen LogP contribution in [0, 0.1) is 6.92 Å². The summed E-state index contributed by atoms with van der Waals surface area (Å²) in [6, 6.07) is 6.00. The summed E-state index contributed by atoms with van der Waals surface area (Å²) in [5.74, 6) is 0. The Bertz CT molecular complexity index is 266. The minimum absolute atomic E-state index is 0.940. The van der Waals surface area contributed by atoms with E-state index in [2.05, 4.69) is 17.0 Å². The Kier molecular flexibility index (Phi) is 2.26. The first kappa shape index (κ1) is 7.79. The van der Waals surface area contributed by atoms with E-state index in [4.69, 9.17) is 0 Å². The van der Waals surface area contributed by atoms with Crippen LogP contribution in [0.1, 0.15) is 5.56 Å². The second kappa shape index (κ2) is 3.19. The molecule has 0 aliphatic carbocycles. The van der Waals surface area contributed by atoms with Crippen molar-refractivity contribution in [2.75, 3.05) is 12.4 Å². The SMILES string of the molecule is C=Nc1c(C)cccc1NC. The van der Waals surface area contributed by atoms with Crippen LogP contribution in [0.3, 0.4) is 0 Å². The van der Waals surface area contributed by atoms with Gasteiger partial charge < -0.3 is 5.32 Å². The van der Waals surface area contributed by atoms with Crippen molar-refractivity contribution in [3.63, 3.8) is 0 Å². The number of benzene rings is 1. The second-order valence-electron chi connectivity index (χ2n) is 2.38. The smallest absolute Gasteiger partial charge is 0.0882 e. The maximum atomic E-state index is 3.93. The van der Waals surface area contributed by atoms with Crippen molar-refractivity contribution in [3.8, 4) is 0 Å². The average molecular weight is 148 g/mol. The maximum absolute atomic E-state index is 3.93. The van der Waals surface area contributed by atoms with Crippen LogP contribution >= 0.6 is 0 Å². The number of hydrogen-bond acceptors (Lipinski definition) is 2. The molecule has 0 saturated carbocycles. The molecule has 0 aliphatic heterocycles. The molecular weight excluding hydrogens is 136 g/mol. The molecule has 1 aromatic rings. The highest BCUT2D eigenvalue weighted by atomic mass is 14.9. The predicted molar refractivity (Wildman–Crippen MR) is 49.9 cm³/mol. The van der Waals surface area contributed by atoms with Crippen LogP contribution in [0.5, 0.6) is 0 Å². The molecule has 11 heavy (non-hydrogen) atoms. The van der Waals surface area contributed by atoms with Crippen molar-refractivity contribution in [3.05, 3.63) is 23.8 Å². The summed E-state index contributed by atoms with van der Waals surface area (Å²) in [6.07, 6.45) is 0. The number of para-hydroxylation sites is 1. The molecule has 0 aromatic heterocycles. The first-order valence-electron chi connectivity index (χ1n) is 3.53. The van der Waals surface area contributed by atoms with Gasteiger partial charge in [-0.3, -0.25) is 4.99 Å². The highest BCUT2D eigenvalue weighted by Crippen LogP contribution is 2.27. The highest BCUT2D eigenvalue weighted by molar-refractivity contribution is 5.70. The molecule has 0 bridgehead atoms. The third-order valence-electron chi connectivity index (χ3n) is 1.67. The van der Waals surface area contributed by atoms with Gasteiger partial charge in [0.05, 0.1) is 11.4 Å². The summed E-state index contributed by atoms with van der Waals surface area (Å²) >= 11 is 0. The van der Waals surface area contributed by atoms with E-state index in [1.54, 1.807) is 0 Å². The van der Waals surface area contributed by atoms with Crippen LogP contribution in [0.4, 0.5) is 11.4 Å². The van der Waals surface area contributed by atoms with Gasteiger partial charge in [0.15, 0.2) is 0 Å². The molecule has 1 aromatic carbocycles. The molecule has 0 fully saturated rings. The van der Waals surface area contributed by atoms with Crippen molar-refractivity contribution in [2.45, 2.75) is 6.92 Å². The molecular formula is C9H12N2. The van der Waals surface area contributed by atoms with Crippen LogP contribution in [0.2, 0.25) is 0 Å². The number of aryl methyl sites for hydroxylation is 1. The first-order chi connectivity index (χ1) is 5.29. The van der Waals surface area contributed by atoms with Crippen LogP contribution in [-0.2, 0) is 0 Å². The zero-order valence-electron chi connectivity index (χ0n) is 6.89. The molecule has 0 unspecified atom stereocenters. The zero-order valence-corrected chi connectivity index (χ0v) is 6.89. The van der Waals surface area contributed by atoms with Crippen molar-refractivity contribution in [1.29, 1.82) is 0 Å². The lowest BCUT2D eigenvalue weighted by atomic mass is 10.2. The van der Waals surface area contributed by atoms with Gasteiger partial charge in [-0.15, -0.1) is 0 Å². The van der Waals surface area contributed by atoms with E-state index in [1.807, 2.05) is 32.2 Å². The van der Waals surface area contributed by atoms with Gasteiger partial charge in [-0.05, 0) is 25.3 Å². The Balaban J connectivity index is 3.24. The lowest BCUT2D eigenvalue weighted by Crippen LogP contribution is -1.88. The molecule has 0 heterocycles. The summed E-state index contributed by atoms with van der Waals surface area (Å²) in [7, 11) is 1.88. The first-order valence-corrected chi connectivity index (χ1v) is 3.53. The van der Waals surface area contributed by atoms with Gasteiger partial charge in [0.2, 0.25) is 0 Å². The van der Waals surface area contributed by atoms with Crippen LogP contribution in [0.15, 0.2) is 23.2 Å². The third-order valence-corrected chi connectivity index (χ3v) is 1.67. The van der Waals surface area contributed by atoms with Crippen LogP contribution < -0.4 is 5.32 Å². The van der Waals surface area contributed by atoms with Crippen molar-refractivity contribution in [2.24, 2.45) is 4.99 Å². The van der Waals surface area contributed by atoms with E-state index in [-0.39, 0.29) is 0 Å². The summed E-state index contributed by atoms with van der Waals surface area (Å²) in [5.41, 5.74) is 3.11. The monoisotopic (exact) mass is 148 g/mol. The van der Waals surface area contributed by atoms with Gasteiger partial charge in [0.1, 0.15) is 0 Å². The molecule has 0 spiro atoms. The van der Waals surface area contributed by atoms with Gasteiger partial charge in [-0.1, -0.05) is 12.1 Å². The molecule has 58 valence electrons. The molecule has 2 nitrogen and oxygen atoms in total. The Morgan fingerprint density at radius 3 is 2.64 bits per heavy atom. The van der Waals surface area contributed by atoms with Gasteiger partial charge >= 0.3 is 0 Å². The molecule has 0 radical (unpaired) electrons. The lowest BCUT2D eigenvalue weighted by Gasteiger charge is -2.05. The number of rotatable bonds is 2.